The lowest BCUT2D eigenvalue weighted by Crippen LogP contribution is -2.16. The van der Waals surface area contributed by atoms with Crippen molar-refractivity contribution in [2.45, 2.75) is 13.1 Å². The van der Waals surface area contributed by atoms with Gasteiger partial charge in [-0.3, -0.25) is 0 Å². The van der Waals surface area contributed by atoms with E-state index in [9.17, 15) is 0 Å². The second-order valence-electron chi connectivity index (χ2n) is 2.26. The molecule has 4 nitrogen and oxygen atoms in total. The molecule has 1 aliphatic rings. The molecule has 0 unspecified atom stereocenters. The van der Waals surface area contributed by atoms with Crippen LogP contribution in [-0.4, -0.2) is 16.1 Å². The average molecular weight is 136 g/mol. The number of fused-ring (bicyclic) bond motifs is 1. The van der Waals surface area contributed by atoms with Crippen LogP contribution < -0.4 is 10.6 Å². The number of rotatable bonds is 0. The van der Waals surface area contributed by atoms with E-state index in [1.54, 1.807) is 12.4 Å². The van der Waals surface area contributed by atoms with Crippen molar-refractivity contribution in [1.82, 2.24) is 9.97 Å². The molecular formula is C6H8N4. The van der Waals surface area contributed by atoms with Crippen molar-refractivity contribution in [3.63, 3.8) is 0 Å². The molecule has 0 atom stereocenters. The quantitative estimate of drug-likeness (QED) is 0.550. The maximum atomic E-state index is 4.07. The lowest BCUT2D eigenvalue weighted by Gasteiger charge is -2.00. The Kier molecular flexibility index (Phi) is 1.00. The van der Waals surface area contributed by atoms with Gasteiger partial charge in [0.15, 0.2) is 11.6 Å². The van der Waals surface area contributed by atoms with Crippen molar-refractivity contribution >= 4 is 11.6 Å². The molecule has 1 aliphatic heterocycles. The van der Waals surface area contributed by atoms with Gasteiger partial charge in [0.2, 0.25) is 0 Å². The van der Waals surface area contributed by atoms with Crippen LogP contribution in [-0.2, 0) is 0 Å². The summed E-state index contributed by atoms with van der Waals surface area (Å²) in [5.74, 6) is 1.69. The first-order valence-corrected chi connectivity index (χ1v) is 3.20. The molecule has 52 valence electrons. The van der Waals surface area contributed by atoms with Crippen LogP contribution in [0.1, 0.15) is 6.92 Å². The van der Waals surface area contributed by atoms with Crippen molar-refractivity contribution < 1.29 is 0 Å². The smallest absolute Gasteiger partial charge is 0.170 e. The average Bonchev–Trinajstić information content (AvgIpc) is 2.27. The summed E-state index contributed by atoms with van der Waals surface area (Å²) in [5.41, 5.74) is 0. The number of nitrogens with zero attached hydrogens (tertiary/aromatic N) is 2. The molecule has 10 heavy (non-hydrogen) atoms. The van der Waals surface area contributed by atoms with Gasteiger partial charge in [-0.2, -0.15) is 0 Å². The largest absolute Gasteiger partial charge is 0.347 e. The fraction of sp³-hybridized carbons (Fsp3) is 0.333. The first kappa shape index (κ1) is 5.46. The monoisotopic (exact) mass is 136 g/mol. The molecule has 0 radical (unpaired) electrons. The Morgan fingerprint density at radius 1 is 1.20 bits per heavy atom. The molecule has 2 N–H and O–H groups in total. The SMILES string of the molecule is CC1Nc2nccnc2N1. The third-order valence-electron chi connectivity index (χ3n) is 1.40. The summed E-state index contributed by atoms with van der Waals surface area (Å²) in [6.45, 7) is 2.02. The maximum absolute atomic E-state index is 4.07. The standard InChI is InChI=1S/C6H8N4/c1-4-9-5-6(10-4)8-3-2-7-5/h2-4H,1H3,(H,7,9)(H,8,10). The second kappa shape index (κ2) is 1.83. The zero-order valence-electron chi connectivity index (χ0n) is 5.63. The Morgan fingerprint density at radius 3 is 2.20 bits per heavy atom. The molecule has 1 aromatic heterocycles. The van der Waals surface area contributed by atoms with Gasteiger partial charge in [0, 0.05) is 12.4 Å². The van der Waals surface area contributed by atoms with E-state index >= 15 is 0 Å². The number of hydrogen-bond acceptors (Lipinski definition) is 4. The zero-order chi connectivity index (χ0) is 6.97. The molecule has 2 heterocycles. The molecule has 1 aromatic rings. The number of aromatic nitrogens is 2. The van der Waals surface area contributed by atoms with Crippen molar-refractivity contribution in [3.8, 4) is 0 Å². The summed E-state index contributed by atoms with van der Waals surface area (Å²) in [4.78, 5) is 8.15. The number of hydrogen-bond donors (Lipinski definition) is 2. The fourth-order valence-electron chi connectivity index (χ4n) is 0.996. The van der Waals surface area contributed by atoms with Crippen LogP contribution in [0.4, 0.5) is 11.6 Å². The summed E-state index contributed by atoms with van der Waals surface area (Å²) < 4.78 is 0. The van der Waals surface area contributed by atoms with Gasteiger partial charge in [0.1, 0.15) is 0 Å². The van der Waals surface area contributed by atoms with Gasteiger partial charge in [0.25, 0.3) is 0 Å². The van der Waals surface area contributed by atoms with Crippen LogP contribution in [0.3, 0.4) is 0 Å². The van der Waals surface area contributed by atoms with Crippen molar-refractivity contribution in [1.29, 1.82) is 0 Å². The van der Waals surface area contributed by atoms with Crippen LogP contribution >= 0.6 is 0 Å². The highest BCUT2D eigenvalue weighted by atomic mass is 15.3. The summed E-state index contributed by atoms with van der Waals surface area (Å²) in [7, 11) is 0. The van der Waals surface area contributed by atoms with Crippen LogP contribution in [0.2, 0.25) is 0 Å². The molecule has 0 fully saturated rings. The Balaban J connectivity index is 2.42. The van der Waals surface area contributed by atoms with Crippen LogP contribution in [0.15, 0.2) is 12.4 Å². The van der Waals surface area contributed by atoms with Gasteiger partial charge in [0.05, 0.1) is 6.17 Å². The molecule has 0 saturated heterocycles. The minimum atomic E-state index is 0.248. The van der Waals surface area contributed by atoms with Gasteiger partial charge >= 0.3 is 0 Å². The molecule has 0 bridgehead atoms. The highest BCUT2D eigenvalue weighted by molar-refractivity contribution is 5.65. The summed E-state index contributed by atoms with van der Waals surface area (Å²) >= 11 is 0. The molecule has 0 aliphatic carbocycles. The van der Waals surface area contributed by atoms with Gasteiger partial charge in [-0.15, -0.1) is 0 Å². The van der Waals surface area contributed by atoms with Crippen LogP contribution in [0.25, 0.3) is 0 Å². The van der Waals surface area contributed by atoms with E-state index < -0.39 is 0 Å². The van der Waals surface area contributed by atoms with Crippen molar-refractivity contribution in [2.75, 3.05) is 10.6 Å². The van der Waals surface area contributed by atoms with E-state index in [0.717, 1.165) is 11.6 Å². The van der Waals surface area contributed by atoms with Gasteiger partial charge < -0.3 is 10.6 Å². The van der Waals surface area contributed by atoms with E-state index in [0.29, 0.717) is 0 Å². The Bertz CT molecular complexity index is 222. The maximum Gasteiger partial charge on any atom is 0.170 e. The first-order valence-electron chi connectivity index (χ1n) is 3.20. The van der Waals surface area contributed by atoms with Crippen LogP contribution in [0, 0.1) is 0 Å². The minimum Gasteiger partial charge on any atom is -0.347 e. The van der Waals surface area contributed by atoms with E-state index in [-0.39, 0.29) is 6.17 Å². The molecule has 0 aromatic carbocycles. The fourth-order valence-corrected chi connectivity index (χ4v) is 0.996. The van der Waals surface area contributed by atoms with Gasteiger partial charge in [-0.1, -0.05) is 0 Å². The van der Waals surface area contributed by atoms with E-state index in [1.165, 1.54) is 0 Å². The molecule has 0 amide bonds. The normalized spacial score (nSPS) is 15.7. The molecular weight excluding hydrogens is 128 g/mol. The van der Waals surface area contributed by atoms with Gasteiger partial charge in [-0.25, -0.2) is 9.97 Å². The topological polar surface area (TPSA) is 49.8 Å². The van der Waals surface area contributed by atoms with E-state index in [1.807, 2.05) is 6.92 Å². The molecule has 4 heteroatoms. The Hall–Kier alpha value is -1.32. The van der Waals surface area contributed by atoms with Crippen molar-refractivity contribution in [2.24, 2.45) is 0 Å². The highest BCUT2D eigenvalue weighted by Gasteiger charge is 2.15. The third kappa shape index (κ3) is 0.689. The molecule has 2 rings (SSSR count). The Labute approximate surface area is 58.7 Å². The Morgan fingerprint density at radius 2 is 1.70 bits per heavy atom. The van der Waals surface area contributed by atoms with E-state index in [2.05, 4.69) is 20.6 Å². The zero-order valence-corrected chi connectivity index (χ0v) is 5.63. The highest BCUT2D eigenvalue weighted by Crippen LogP contribution is 2.21. The van der Waals surface area contributed by atoms with E-state index in [4.69, 9.17) is 0 Å². The number of nitrogens with one attached hydrogen (secondary N) is 2. The molecule has 0 saturated carbocycles. The third-order valence-corrected chi connectivity index (χ3v) is 1.40. The lowest BCUT2D eigenvalue weighted by atomic mass is 10.6. The lowest BCUT2D eigenvalue weighted by molar-refractivity contribution is 0.947. The van der Waals surface area contributed by atoms with Crippen LogP contribution in [0.5, 0.6) is 0 Å². The second-order valence-corrected chi connectivity index (χ2v) is 2.26. The predicted octanol–water partition coefficient (Wildman–Crippen LogP) is 0.660. The van der Waals surface area contributed by atoms with Crippen molar-refractivity contribution in [3.05, 3.63) is 12.4 Å². The van der Waals surface area contributed by atoms with Gasteiger partial charge in [-0.05, 0) is 6.92 Å². The predicted molar refractivity (Wildman–Crippen MR) is 38.7 cm³/mol. The first-order chi connectivity index (χ1) is 4.86. The minimum absolute atomic E-state index is 0.248. The number of anilines is 2. The summed E-state index contributed by atoms with van der Waals surface area (Å²) in [5, 5.41) is 6.23. The summed E-state index contributed by atoms with van der Waals surface area (Å²) in [6, 6.07) is 0. The molecule has 0 spiro atoms. The summed E-state index contributed by atoms with van der Waals surface area (Å²) in [6.07, 6.45) is 3.59.